The number of benzene rings is 1. The summed E-state index contributed by atoms with van der Waals surface area (Å²) in [4.78, 5) is 14.7. The Balaban J connectivity index is 1.79. The van der Waals surface area contributed by atoms with Crippen LogP contribution in [0.4, 0.5) is 0 Å². The van der Waals surface area contributed by atoms with Gasteiger partial charge < -0.3 is 4.74 Å². The Morgan fingerprint density at radius 3 is 2.95 bits per heavy atom. The zero-order valence-electron chi connectivity index (χ0n) is 11.6. The van der Waals surface area contributed by atoms with Gasteiger partial charge in [-0.1, -0.05) is 53.2 Å². The van der Waals surface area contributed by atoms with E-state index in [2.05, 4.69) is 0 Å². The van der Waals surface area contributed by atoms with Gasteiger partial charge >= 0.3 is 0 Å². The fraction of sp³-hybridized carbons (Fsp3) is 0.333. The number of rotatable bonds is 3. The van der Waals surface area contributed by atoms with E-state index in [9.17, 15) is 4.79 Å². The van der Waals surface area contributed by atoms with E-state index in [-0.39, 0.29) is 12.0 Å². The molecule has 0 unspecified atom stereocenters. The largest absolute Gasteiger partial charge is 0.376 e. The minimum absolute atomic E-state index is 0.0842. The summed E-state index contributed by atoms with van der Waals surface area (Å²) in [6.07, 6.45) is 3.85. The molecule has 2 heterocycles. The second-order valence-corrected chi connectivity index (χ2v) is 7.61. The molecule has 3 nitrogen and oxygen atoms in total. The van der Waals surface area contributed by atoms with Gasteiger partial charge in [-0.25, -0.2) is 0 Å². The van der Waals surface area contributed by atoms with Crippen LogP contribution in [0.1, 0.15) is 18.4 Å². The lowest BCUT2D eigenvalue weighted by atomic mass is 10.2. The van der Waals surface area contributed by atoms with Crippen LogP contribution in [0.3, 0.4) is 0 Å². The van der Waals surface area contributed by atoms with E-state index in [1.54, 1.807) is 29.2 Å². The zero-order valence-corrected chi connectivity index (χ0v) is 14.7. The molecule has 0 aliphatic carbocycles. The van der Waals surface area contributed by atoms with Crippen molar-refractivity contribution in [2.24, 2.45) is 0 Å². The van der Waals surface area contributed by atoms with Gasteiger partial charge in [-0.2, -0.15) is 0 Å². The van der Waals surface area contributed by atoms with Crippen LogP contribution in [0.2, 0.25) is 10.0 Å². The van der Waals surface area contributed by atoms with E-state index in [1.807, 2.05) is 0 Å². The summed E-state index contributed by atoms with van der Waals surface area (Å²) >= 11 is 18.6. The molecule has 7 heteroatoms. The maximum atomic E-state index is 12.5. The number of carbonyl (C=O) groups excluding carboxylic acids is 1. The van der Waals surface area contributed by atoms with Gasteiger partial charge in [-0.3, -0.25) is 9.69 Å². The van der Waals surface area contributed by atoms with Crippen molar-refractivity contribution in [3.8, 4) is 0 Å². The first kappa shape index (κ1) is 16.3. The zero-order chi connectivity index (χ0) is 15.7. The van der Waals surface area contributed by atoms with Gasteiger partial charge in [0.05, 0.1) is 17.6 Å². The monoisotopic (exact) mass is 373 g/mol. The standard InChI is InChI=1S/C15H13Cl2NO2S2/c16-10-4-3-9(12(17)7-10)6-13-14(19)18(15(21)22-13)8-11-2-1-5-20-11/h3-4,6-7,11H,1-2,5,8H2/b13-6-/t11-/m1/s1. The smallest absolute Gasteiger partial charge is 0.266 e. The fourth-order valence-electron chi connectivity index (χ4n) is 2.41. The third-order valence-corrected chi connectivity index (χ3v) is 5.47. The van der Waals surface area contributed by atoms with Crippen molar-refractivity contribution in [1.29, 1.82) is 0 Å². The second kappa shape index (κ2) is 6.89. The van der Waals surface area contributed by atoms with E-state index in [0.717, 1.165) is 25.0 Å². The molecule has 0 aromatic heterocycles. The topological polar surface area (TPSA) is 29.5 Å². The number of hydrogen-bond acceptors (Lipinski definition) is 4. The SMILES string of the molecule is O=C1/C(=C/c2ccc(Cl)cc2Cl)SC(=S)N1C[C@H]1CCCO1. The maximum absolute atomic E-state index is 12.5. The Bertz CT molecular complexity index is 657. The van der Waals surface area contributed by atoms with Crippen molar-refractivity contribution in [1.82, 2.24) is 4.90 Å². The van der Waals surface area contributed by atoms with Gasteiger partial charge in [0.15, 0.2) is 0 Å². The van der Waals surface area contributed by atoms with Crippen molar-refractivity contribution in [2.45, 2.75) is 18.9 Å². The van der Waals surface area contributed by atoms with Gasteiger partial charge in [-0.05, 0) is 36.6 Å². The Morgan fingerprint density at radius 2 is 2.27 bits per heavy atom. The van der Waals surface area contributed by atoms with Crippen LogP contribution in [0.25, 0.3) is 6.08 Å². The molecule has 0 bridgehead atoms. The first-order valence-electron chi connectivity index (χ1n) is 6.86. The highest BCUT2D eigenvalue weighted by atomic mass is 35.5. The van der Waals surface area contributed by atoms with E-state index in [4.69, 9.17) is 40.2 Å². The van der Waals surface area contributed by atoms with Crippen LogP contribution < -0.4 is 0 Å². The molecule has 1 amide bonds. The highest BCUT2D eigenvalue weighted by Crippen LogP contribution is 2.35. The van der Waals surface area contributed by atoms with Gasteiger partial charge in [0.1, 0.15) is 4.32 Å². The molecule has 1 atom stereocenters. The molecule has 1 aromatic carbocycles. The number of ether oxygens (including phenoxy) is 1. The number of thioether (sulfide) groups is 1. The van der Waals surface area contributed by atoms with Crippen LogP contribution in [0.15, 0.2) is 23.1 Å². The Kier molecular flexibility index (Phi) is 5.10. The van der Waals surface area contributed by atoms with Crippen LogP contribution in [-0.4, -0.2) is 34.4 Å². The molecular weight excluding hydrogens is 361 g/mol. The molecule has 3 rings (SSSR count). The van der Waals surface area contributed by atoms with Crippen LogP contribution in [-0.2, 0) is 9.53 Å². The van der Waals surface area contributed by atoms with Crippen LogP contribution in [0.5, 0.6) is 0 Å². The molecular formula is C15H13Cl2NO2S2. The van der Waals surface area contributed by atoms with Gasteiger partial charge in [0, 0.05) is 16.7 Å². The highest BCUT2D eigenvalue weighted by Gasteiger charge is 2.34. The van der Waals surface area contributed by atoms with E-state index < -0.39 is 0 Å². The summed E-state index contributed by atoms with van der Waals surface area (Å²) in [5.41, 5.74) is 0.753. The third-order valence-electron chi connectivity index (χ3n) is 3.53. The molecule has 0 radical (unpaired) electrons. The molecule has 0 saturated carbocycles. The molecule has 0 spiro atoms. The van der Waals surface area contributed by atoms with Crippen LogP contribution in [0, 0.1) is 0 Å². The van der Waals surface area contributed by atoms with Crippen molar-refractivity contribution in [3.05, 3.63) is 38.7 Å². The minimum Gasteiger partial charge on any atom is -0.376 e. The summed E-state index contributed by atoms with van der Waals surface area (Å²) in [6.45, 7) is 1.28. The highest BCUT2D eigenvalue weighted by molar-refractivity contribution is 8.26. The molecule has 2 saturated heterocycles. The lowest BCUT2D eigenvalue weighted by molar-refractivity contribution is -0.123. The minimum atomic E-state index is -0.0866. The van der Waals surface area contributed by atoms with E-state index in [0.29, 0.717) is 25.8 Å². The number of halogens is 2. The quantitative estimate of drug-likeness (QED) is 0.580. The molecule has 2 aliphatic heterocycles. The molecule has 22 heavy (non-hydrogen) atoms. The van der Waals surface area contributed by atoms with E-state index in [1.165, 1.54) is 11.8 Å². The first-order valence-corrected chi connectivity index (χ1v) is 8.84. The number of thiocarbonyl (C=S) groups is 1. The number of nitrogens with zero attached hydrogens (tertiary/aromatic N) is 1. The second-order valence-electron chi connectivity index (χ2n) is 5.09. The summed E-state index contributed by atoms with van der Waals surface area (Å²) in [6, 6.07) is 5.19. The maximum Gasteiger partial charge on any atom is 0.266 e. The molecule has 1 aromatic rings. The van der Waals surface area contributed by atoms with Crippen molar-refractivity contribution in [2.75, 3.05) is 13.2 Å². The number of carbonyl (C=O) groups is 1. The average molecular weight is 374 g/mol. The van der Waals surface area contributed by atoms with Crippen molar-refractivity contribution < 1.29 is 9.53 Å². The Labute approximate surface area is 148 Å². The van der Waals surface area contributed by atoms with Crippen molar-refractivity contribution in [3.63, 3.8) is 0 Å². The van der Waals surface area contributed by atoms with Gasteiger partial charge in [-0.15, -0.1) is 0 Å². The Morgan fingerprint density at radius 1 is 1.45 bits per heavy atom. The molecule has 116 valence electrons. The lowest BCUT2D eigenvalue weighted by Crippen LogP contribution is -2.35. The lowest BCUT2D eigenvalue weighted by Gasteiger charge is -2.18. The van der Waals surface area contributed by atoms with Crippen molar-refractivity contribution >= 4 is 63.5 Å². The fourth-order valence-corrected chi connectivity index (χ4v) is 4.14. The van der Waals surface area contributed by atoms with Crippen LogP contribution >= 0.6 is 47.2 Å². The number of amides is 1. The summed E-state index contributed by atoms with van der Waals surface area (Å²) in [5, 5.41) is 1.07. The third kappa shape index (κ3) is 3.49. The summed E-state index contributed by atoms with van der Waals surface area (Å²) in [7, 11) is 0. The normalized spacial score (nSPS) is 23.8. The summed E-state index contributed by atoms with van der Waals surface area (Å²) in [5.74, 6) is -0.0866. The molecule has 2 fully saturated rings. The predicted molar refractivity (Wildman–Crippen MR) is 95.3 cm³/mol. The summed E-state index contributed by atoms with van der Waals surface area (Å²) < 4.78 is 6.15. The first-order chi connectivity index (χ1) is 10.5. The number of hydrogen-bond donors (Lipinski definition) is 0. The Hall–Kier alpha value is -0.590. The van der Waals surface area contributed by atoms with Gasteiger partial charge in [0.25, 0.3) is 5.91 Å². The predicted octanol–water partition coefficient (Wildman–Crippen LogP) is 4.37. The molecule has 2 aliphatic rings. The van der Waals surface area contributed by atoms with E-state index >= 15 is 0 Å². The van der Waals surface area contributed by atoms with Gasteiger partial charge in [0.2, 0.25) is 0 Å². The molecule has 0 N–H and O–H groups in total. The average Bonchev–Trinajstić information content (AvgIpc) is 3.06.